The minimum Gasteiger partial charge on any atom is -0.295 e. The smallest absolute Gasteiger partial charge is 0.155 e. The summed E-state index contributed by atoms with van der Waals surface area (Å²) >= 11 is 0. The van der Waals surface area contributed by atoms with Gasteiger partial charge in [0.05, 0.1) is 0 Å². The van der Waals surface area contributed by atoms with Crippen LogP contribution in [0.3, 0.4) is 0 Å². The third-order valence-electron chi connectivity index (χ3n) is 7.18. The Bertz CT molecular complexity index is 468. The minimum atomic E-state index is -0.571. The molecular weight excluding hydrogens is 251 g/mol. The molecule has 0 aromatic carbocycles. The Hall–Kier alpha value is -0.660. The van der Waals surface area contributed by atoms with Crippen molar-refractivity contribution in [3.63, 3.8) is 0 Å². The molecule has 110 valence electrons. The number of allylic oxidation sites excluding steroid dienone is 1. The van der Waals surface area contributed by atoms with E-state index in [4.69, 9.17) is 0 Å². The van der Waals surface area contributed by atoms with E-state index in [9.17, 15) is 9.18 Å². The van der Waals surface area contributed by atoms with Gasteiger partial charge in [-0.1, -0.05) is 12.5 Å². The number of rotatable bonds is 0. The lowest BCUT2D eigenvalue weighted by Crippen LogP contribution is -2.46. The molecule has 0 aromatic rings. The molecule has 0 radical (unpaired) electrons. The van der Waals surface area contributed by atoms with Crippen LogP contribution in [0.15, 0.2) is 11.6 Å². The van der Waals surface area contributed by atoms with E-state index >= 15 is 0 Å². The molecule has 0 spiro atoms. The first-order valence-corrected chi connectivity index (χ1v) is 8.47. The molecule has 0 unspecified atom stereocenters. The zero-order valence-electron chi connectivity index (χ0n) is 12.4. The fourth-order valence-corrected chi connectivity index (χ4v) is 6.12. The molecule has 3 fully saturated rings. The molecule has 0 saturated heterocycles. The first-order chi connectivity index (χ1) is 9.59. The van der Waals surface area contributed by atoms with Crippen LogP contribution in [0.4, 0.5) is 4.39 Å². The lowest BCUT2D eigenvalue weighted by Gasteiger charge is -2.53. The second kappa shape index (κ2) is 4.42. The van der Waals surface area contributed by atoms with Crippen molar-refractivity contribution in [3.05, 3.63) is 11.6 Å². The van der Waals surface area contributed by atoms with Crippen molar-refractivity contribution in [2.75, 3.05) is 0 Å². The second-order valence-corrected chi connectivity index (χ2v) is 7.89. The molecule has 20 heavy (non-hydrogen) atoms. The van der Waals surface area contributed by atoms with Crippen LogP contribution in [-0.2, 0) is 4.79 Å². The van der Waals surface area contributed by atoms with Crippen LogP contribution in [-0.4, -0.2) is 12.0 Å². The molecule has 4 rings (SSSR count). The average molecular weight is 276 g/mol. The monoisotopic (exact) mass is 276 g/mol. The summed E-state index contributed by atoms with van der Waals surface area (Å²) in [6.45, 7) is 2.21. The van der Waals surface area contributed by atoms with Crippen molar-refractivity contribution in [2.45, 2.75) is 64.5 Å². The van der Waals surface area contributed by atoms with Crippen molar-refractivity contribution in [1.29, 1.82) is 0 Å². The van der Waals surface area contributed by atoms with Gasteiger partial charge in [-0.25, -0.2) is 4.39 Å². The van der Waals surface area contributed by atoms with Gasteiger partial charge in [0.25, 0.3) is 0 Å². The number of halogens is 1. The van der Waals surface area contributed by atoms with Crippen LogP contribution in [0.5, 0.6) is 0 Å². The van der Waals surface area contributed by atoms with E-state index in [1.807, 2.05) is 6.08 Å². The molecule has 0 N–H and O–H groups in total. The van der Waals surface area contributed by atoms with E-state index in [2.05, 4.69) is 6.92 Å². The van der Waals surface area contributed by atoms with Crippen molar-refractivity contribution in [2.24, 2.45) is 29.1 Å². The normalized spacial score (nSPS) is 51.0. The molecule has 0 bridgehead atoms. The van der Waals surface area contributed by atoms with Gasteiger partial charge >= 0.3 is 0 Å². The highest BCUT2D eigenvalue weighted by Crippen LogP contribution is 2.62. The van der Waals surface area contributed by atoms with E-state index < -0.39 is 6.17 Å². The van der Waals surface area contributed by atoms with Gasteiger partial charge in [0.15, 0.2) is 5.78 Å². The number of alkyl halides is 1. The number of carbonyl (C=O) groups is 1. The Kier molecular flexibility index (Phi) is 2.88. The number of carbonyl (C=O) groups excluding carboxylic acids is 1. The summed E-state index contributed by atoms with van der Waals surface area (Å²) in [6.07, 6.45) is 9.63. The number of ketones is 1. The summed E-state index contributed by atoms with van der Waals surface area (Å²) < 4.78 is 14.3. The predicted octanol–water partition coefficient (Wildman–Crippen LogP) is 4.47. The van der Waals surface area contributed by atoms with E-state index in [0.717, 1.165) is 50.4 Å². The number of fused-ring (bicyclic) bond motifs is 5. The van der Waals surface area contributed by atoms with Crippen LogP contribution in [0.25, 0.3) is 0 Å². The molecule has 4 aliphatic carbocycles. The van der Waals surface area contributed by atoms with Gasteiger partial charge in [0.2, 0.25) is 0 Å². The molecule has 0 heterocycles. The van der Waals surface area contributed by atoms with Gasteiger partial charge in [0, 0.05) is 11.8 Å². The lowest BCUT2D eigenvalue weighted by atomic mass is 9.52. The molecule has 0 aliphatic heterocycles. The lowest BCUT2D eigenvalue weighted by molar-refractivity contribution is -0.116. The largest absolute Gasteiger partial charge is 0.295 e. The van der Waals surface area contributed by atoms with Gasteiger partial charge in [-0.15, -0.1) is 0 Å². The number of hydrogen-bond acceptors (Lipinski definition) is 1. The highest BCUT2D eigenvalue weighted by Gasteiger charge is 2.56. The second-order valence-electron chi connectivity index (χ2n) is 7.89. The van der Waals surface area contributed by atoms with E-state index in [0.29, 0.717) is 17.6 Å². The van der Waals surface area contributed by atoms with Gasteiger partial charge < -0.3 is 0 Å². The summed E-state index contributed by atoms with van der Waals surface area (Å²) in [4.78, 5) is 11.6. The molecule has 4 aliphatic rings. The Morgan fingerprint density at radius 1 is 1.10 bits per heavy atom. The third-order valence-corrected chi connectivity index (χ3v) is 7.18. The summed E-state index contributed by atoms with van der Waals surface area (Å²) in [5.74, 6) is 3.06. The molecule has 3 saturated carbocycles. The molecule has 1 nitrogen and oxygen atoms in total. The Labute approximate surface area is 121 Å². The van der Waals surface area contributed by atoms with Crippen LogP contribution in [0, 0.1) is 29.1 Å². The summed E-state index contributed by atoms with van der Waals surface area (Å²) in [6, 6.07) is 0. The third kappa shape index (κ3) is 1.69. The first-order valence-electron chi connectivity index (χ1n) is 8.47. The van der Waals surface area contributed by atoms with E-state index in [1.165, 1.54) is 18.4 Å². The topological polar surface area (TPSA) is 17.1 Å². The van der Waals surface area contributed by atoms with Crippen LogP contribution in [0.2, 0.25) is 0 Å². The van der Waals surface area contributed by atoms with Crippen LogP contribution < -0.4 is 0 Å². The minimum absolute atomic E-state index is 0.0349. The maximum atomic E-state index is 14.3. The SMILES string of the molecule is C[C@]12CC[C@H]3[C@@H](CCC4=CC(=O)CC[C@@H]43)[C@@H]1CC[C@H]2F. The van der Waals surface area contributed by atoms with Crippen molar-refractivity contribution >= 4 is 5.78 Å². The Balaban J connectivity index is 1.63. The van der Waals surface area contributed by atoms with Gasteiger partial charge in [-0.2, -0.15) is 0 Å². The van der Waals surface area contributed by atoms with Gasteiger partial charge in [0.1, 0.15) is 6.17 Å². The average Bonchev–Trinajstić information content (AvgIpc) is 2.74. The molecule has 6 atom stereocenters. The maximum absolute atomic E-state index is 14.3. The zero-order chi connectivity index (χ0) is 13.9. The fourth-order valence-electron chi connectivity index (χ4n) is 6.12. The maximum Gasteiger partial charge on any atom is 0.155 e. The summed E-state index contributed by atoms with van der Waals surface area (Å²) in [7, 11) is 0. The van der Waals surface area contributed by atoms with E-state index in [-0.39, 0.29) is 5.41 Å². The zero-order valence-corrected chi connectivity index (χ0v) is 12.4. The summed E-state index contributed by atoms with van der Waals surface area (Å²) in [5, 5.41) is 0. The predicted molar refractivity (Wildman–Crippen MR) is 77.0 cm³/mol. The van der Waals surface area contributed by atoms with Crippen molar-refractivity contribution in [3.8, 4) is 0 Å². The Morgan fingerprint density at radius 2 is 1.95 bits per heavy atom. The van der Waals surface area contributed by atoms with E-state index in [1.54, 1.807) is 0 Å². The highest BCUT2D eigenvalue weighted by atomic mass is 19.1. The highest BCUT2D eigenvalue weighted by molar-refractivity contribution is 5.91. The van der Waals surface area contributed by atoms with Gasteiger partial charge in [-0.3, -0.25) is 4.79 Å². The fraction of sp³-hybridized carbons (Fsp3) is 0.833. The summed E-state index contributed by atoms with van der Waals surface area (Å²) in [5.41, 5.74) is 1.40. The first kappa shape index (κ1) is 13.0. The number of hydrogen-bond donors (Lipinski definition) is 0. The van der Waals surface area contributed by atoms with Gasteiger partial charge in [-0.05, 0) is 74.7 Å². The standard InChI is InChI=1S/C18H25FO/c1-18-9-8-14-13-5-3-12(20)10-11(13)2-4-15(14)16(18)6-7-17(18)19/h10,13-17H,2-9H2,1H3/t13-,14+,15+,16-,17+,18-/m0/s1. The molecule has 0 amide bonds. The molecule has 2 heteroatoms. The molecular formula is C18H25FO. The Morgan fingerprint density at radius 3 is 2.80 bits per heavy atom. The van der Waals surface area contributed by atoms with Crippen LogP contribution in [0.1, 0.15) is 58.3 Å². The van der Waals surface area contributed by atoms with Crippen molar-refractivity contribution < 1.29 is 9.18 Å². The molecule has 0 aromatic heterocycles. The van der Waals surface area contributed by atoms with Crippen LogP contribution >= 0.6 is 0 Å². The quantitative estimate of drug-likeness (QED) is 0.638. The van der Waals surface area contributed by atoms with Crippen molar-refractivity contribution in [1.82, 2.24) is 0 Å².